The Hall–Kier alpha value is -9.56. The lowest BCUT2D eigenvalue weighted by atomic mass is 9.92. The average molecular weight is 2240 g/mol. The van der Waals surface area contributed by atoms with E-state index in [0.717, 1.165) is 0 Å². The highest BCUT2D eigenvalue weighted by Crippen LogP contribution is 2.61. The van der Waals surface area contributed by atoms with Gasteiger partial charge in [0, 0.05) is 240 Å². The maximum atomic E-state index is 2.49. The fraction of sp³-hybridized carbons (Fsp3) is 0.194. The first kappa shape index (κ1) is 103. The van der Waals surface area contributed by atoms with E-state index in [4.69, 9.17) is 0 Å². The van der Waals surface area contributed by atoms with Gasteiger partial charge in [0.2, 0.25) is 0 Å². The van der Waals surface area contributed by atoms with Crippen molar-refractivity contribution in [2.75, 3.05) is 0 Å². The number of benzene rings is 8. The highest BCUT2D eigenvalue weighted by Gasteiger charge is 2.31. The van der Waals surface area contributed by atoms with Crippen molar-refractivity contribution in [2.45, 2.75) is 173 Å². The molecule has 738 valence electrons. The van der Waals surface area contributed by atoms with Crippen LogP contribution in [0.15, 0.2) is 237 Å². The molecule has 18 heteroatoms. The van der Waals surface area contributed by atoms with E-state index in [-0.39, 0.29) is 0 Å². The van der Waals surface area contributed by atoms with Crippen molar-refractivity contribution in [2.24, 2.45) is 0 Å². The van der Waals surface area contributed by atoms with Gasteiger partial charge >= 0.3 is 0 Å². The van der Waals surface area contributed by atoms with Crippen molar-refractivity contribution in [3.8, 4) is 143 Å². The molecule has 0 atom stereocenters. The van der Waals surface area contributed by atoms with E-state index in [1.165, 1.54) is 334 Å². The smallest absolute Gasteiger partial charge is 0.0475 e. The summed E-state index contributed by atoms with van der Waals surface area (Å²) in [7, 11) is 0. The average Bonchev–Trinajstić information content (AvgIpc) is 1.55. The van der Waals surface area contributed by atoms with Crippen LogP contribution in [0.5, 0.6) is 0 Å². The van der Waals surface area contributed by atoms with Crippen LogP contribution in [0.25, 0.3) is 224 Å². The summed E-state index contributed by atoms with van der Waals surface area (Å²) in [5.74, 6) is 0. The van der Waals surface area contributed by atoms with Gasteiger partial charge in [-0.2, -0.15) is 0 Å². The predicted octanol–water partition coefficient (Wildman–Crippen LogP) is 48.9. The molecule has 0 unspecified atom stereocenters. The summed E-state index contributed by atoms with van der Waals surface area (Å²) in [6.45, 7) is 54.8. The summed E-state index contributed by atoms with van der Waals surface area (Å²) in [5.41, 5.74) is 28.5. The first-order valence-electron chi connectivity index (χ1n) is 49.9. The zero-order valence-corrected chi connectivity index (χ0v) is 102. The third-order valence-electron chi connectivity index (χ3n) is 26.8. The second-order valence-corrected chi connectivity index (χ2v) is 59.2. The van der Waals surface area contributed by atoms with E-state index in [1.807, 2.05) is 232 Å². The molecule has 147 heavy (non-hydrogen) atoms. The SMILES string of the molecule is CC.CC.Cc1cc(C)c(-c2cc3c(-c4ccccc4)c4sc(-c5sc(C)cc5C)cc4c(-c4ccccc4)c3s2)s1.Cc1cc(C)c(-c2cc3c(C)c4sc(-c5sc(C)cc5C)cc4cc3s2)s1.Cc1ccc(-c2c3cc(-c4sc(C)cc4C)sc3c(-c3ccc(C)cc3)c3cc(-c4sc(C)cc4C)sc23)cc1.Cc1ccc(-c2c3cc(-c4sc(C)cc4C)sc3c(-c3ccc(C)s3)c3cc(-c4sc(C)cc4C)sc23)s1. The Morgan fingerprint density at radius 2 is 0.367 bits per heavy atom. The Labute approximate surface area is 937 Å². The summed E-state index contributed by atoms with van der Waals surface area (Å²) in [5, 5.41) is 11.1. The van der Waals surface area contributed by atoms with Gasteiger partial charge in [-0.05, 0) is 356 Å². The molecule has 0 nitrogen and oxygen atoms in total. The lowest BCUT2D eigenvalue weighted by molar-refractivity contribution is 1.47. The van der Waals surface area contributed by atoms with Crippen molar-refractivity contribution in [1.82, 2.24) is 0 Å². The summed E-state index contributed by atoms with van der Waals surface area (Å²) in [4.78, 5) is 38.9. The van der Waals surface area contributed by atoms with Crippen molar-refractivity contribution in [3.05, 3.63) is 347 Å². The molecule has 26 aromatic rings. The minimum atomic E-state index is 1.29. The van der Waals surface area contributed by atoms with E-state index in [9.17, 15) is 0 Å². The Morgan fingerprint density at radius 1 is 0.150 bits per heavy atom. The second kappa shape index (κ2) is 42.6. The first-order valence-corrected chi connectivity index (χ1v) is 64.6. The molecule has 0 radical (unpaired) electrons. The largest absolute Gasteiger partial charge is 0.141 e. The molecule has 18 aromatic heterocycles. The van der Waals surface area contributed by atoms with Gasteiger partial charge in [0.15, 0.2) is 0 Å². The highest BCUT2D eigenvalue weighted by atomic mass is 32.2. The Balaban J connectivity index is 0.000000115. The lowest BCUT2D eigenvalue weighted by Gasteiger charge is -2.12. The molecule has 8 aromatic carbocycles. The monoisotopic (exact) mass is 2240 g/mol. The van der Waals surface area contributed by atoms with Crippen molar-refractivity contribution in [3.63, 3.8) is 0 Å². The molecule has 0 aliphatic heterocycles. The maximum absolute atomic E-state index is 2.49. The standard InChI is InChI=1S/C36H30S4.C34H26S4.C32H26S6.C23H20S4.2C2H6/c1-19-7-11-25(12-8-19)31-27-17-29(33-21(3)15-23(5)37-33)40-36(27)32(26-13-9-20(2)10-14-26)28-18-30(39-35(28)31)34-22(4)16-24(6)38-34;1-19-15-21(3)35-31(19)27-17-25-29(23-11-7-5-8-12-23)34-26(18-28(38-34)32-20(2)16-22(4)36-32)30(33(25)37-27)24-13-9-6-10-14-24;1-15-11-19(5)35-29(15)25-13-21-27(23-9-7-17(3)33-23)32-22(14-26(38-32)30-16(2)12-20(6)36-30)28(31(21)37-25)24-10-8-18(4)34-24;1-11-6-13(3)24-21(11)19-9-16-8-18-17(15(5)23(16)27-19)10-20(26-18)22-12(2)7-14(4)25-22;2*1-2/h7-18H,1-6H3;5-18H,1-4H3;7-14H,1-6H3;6-10H,1-5H3;2*1-2H3. The van der Waals surface area contributed by atoms with Gasteiger partial charge in [-0.3, -0.25) is 0 Å². The van der Waals surface area contributed by atoms with Gasteiger partial charge in [-0.15, -0.1) is 204 Å². The molecule has 0 spiro atoms. The number of aryl methyl sites for hydroxylation is 21. The molecule has 0 bridgehead atoms. The lowest BCUT2D eigenvalue weighted by Crippen LogP contribution is -1.86. The quantitative estimate of drug-likeness (QED) is 0.102. The number of fused-ring (bicyclic) bond motifs is 8. The zero-order valence-electron chi connectivity index (χ0n) is 87.4. The number of thiophene rings is 18. The van der Waals surface area contributed by atoms with Crippen LogP contribution in [-0.2, 0) is 0 Å². The normalized spacial score (nSPS) is 11.6. The number of rotatable bonds is 14. The van der Waals surface area contributed by atoms with E-state index in [2.05, 4.69) is 382 Å². The van der Waals surface area contributed by atoms with Crippen LogP contribution in [0.2, 0.25) is 0 Å². The summed E-state index contributed by atoms with van der Waals surface area (Å²) in [6, 6.07) is 90.1. The van der Waals surface area contributed by atoms with Gasteiger partial charge in [-0.25, -0.2) is 0 Å². The highest BCUT2D eigenvalue weighted by molar-refractivity contribution is 7.33. The van der Waals surface area contributed by atoms with E-state index in [0.29, 0.717) is 0 Å². The zero-order chi connectivity index (χ0) is 103. The Bertz CT molecular complexity index is 8750. The van der Waals surface area contributed by atoms with E-state index >= 15 is 0 Å². The van der Waals surface area contributed by atoms with E-state index in [1.54, 1.807) is 0 Å². The number of hydrogen-bond donors (Lipinski definition) is 0. The minimum absolute atomic E-state index is 1.29. The molecule has 0 aliphatic carbocycles. The van der Waals surface area contributed by atoms with Crippen LogP contribution < -0.4 is 0 Å². The molecule has 0 amide bonds. The van der Waals surface area contributed by atoms with Gasteiger partial charge in [0.25, 0.3) is 0 Å². The van der Waals surface area contributed by atoms with Crippen LogP contribution in [0.1, 0.15) is 138 Å². The molecule has 18 heterocycles. The molecular weight excluding hydrogens is 2130 g/mol. The van der Waals surface area contributed by atoms with Gasteiger partial charge in [0.1, 0.15) is 0 Å². The third kappa shape index (κ3) is 19.9. The molecule has 26 rings (SSSR count). The topological polar surface area (TPSA) is 0 Å². The van der Waals surface area contributed by atoms with Gasteiger partial charge < -0.3 is 0 Å². The maximum Gasteiger partial charge on any atom is 0.0475 e. The summed E-state index contributed by atoms with van der Waals surface area (Å²) >= 11 is 34.8. The van der Waals surface area contributed by atoms with Crippen molar-refractivity contribution in [1.29, 1.82) is 0 Å². The Morgan fingerprint density at radius 3 is 0.605 bits per heavy atom. The third-order valence-corrected chi connectivity index (χ3v) is 48.8. The Kier molecular flexibility index (Phi) is 29.9. The van der Waals surface area contributed by atoms with Crippen LogP contribution in [0.4, 0.5) is 0 Å². The van der Waals surface area contributed by atoms with Crippen molar-refractivity contribution < 1.29 is 0 Å². The van der Waals surface area contributed by atoms with E-state index < -0.39 is 0 Å². The van der Waals surface area contributed by atoms with Crippen LogP contribution >= 0.6 is 204 Å². The minimum Gasteiger partial charge on any atom is -0.141 e. The predicted molar refractivity (Wildman–Crippen MR) is 686 cm³/mol. The first-order chi connectivity index (χ1) is 70.9. The molecular formula is C129H114S18. The molecule has 0 saturated carbocycles. The fourth-order valence-corrected chi connectivity index (χ4v) is 41.9. The van der Waals surface area contributed by atoms with Crippen molar-refractivity contribution >= 4 is 285 Å². The number of hydrogen-bond acceptors (Lipinski definition) is 18. The summed E-state index contributed by atoms with van der Waals surface area (Å²) in [6.07, 6.45) is 0. The van der Waals surface area contributed by atoms with Gasteiger partial charge in [-0.1, -0.05) is 148 Å². The molecule has 0 saturated heterocycles. The van der Waals surface area contributed by atoms with Crippen LogP contribution in [-0.4, -0.2) is 0 Å². The van der Waals surface area contributed by atoms with Crippen LogP contribution in [0, 0.1) is 145 Å². The molecule has 0 aliphatic rings. The molecule has 0 N–H and O–H groups in total. The second-order valence-electron chi connectivity index (χ2n) is 38.2. The molecule has 0 fully saturated rings. The summed E-state index contributed by atoms with van der Waals surface area (Å²) < 4.78 is 11.2. The fourth-order valence-electron chi connectivity index (χ4n) is 20.6. The van der Waals surface area contributed by atoms with Gasteiger partial charge in [0.05, 0.1) is 0 Å². The van der Waals surface area contributed by atoms with Crippen LogP contribution in [0.3, 0.4) is 0 Å².